The fourth-order valence-electron chi connectivity index (χ4n) is 4.59. The topological polar surface area (TPSA) is 9.23 Å². The van der Waals surface area contributed by atoms with Crippen molar-refractivity contribution in [3.8, 4) is 0 Å². The average Bonchev–Trinajstić information content (AvgIpc) is 2.49. The predicted molar refractivity (Wildman–Crippen MR) is 98.9 cm³/mol. The third-order valence-corrected chi connectivity index (χ3v) is 21.7. The first kappa shape index (κ1) is 20.0. The second-order valence-corrected chi connectivity index (χ2v) is 17.8. The molecule has 0 fully saturated rings. The molecule has 0 aromatic rings. The van der Waals surface area contributed by atoms with Crippen molar-refractivity contribution in [2.24, 2.45) is 0 Å². The highest BCUT2D eigenvalue weighted by atomic mass is 28.4. The Labute approximate surface area is 130 Å². The van der Waals surface area contributed by atoms with Gasteiger partial charge in [0.25, 0.3) is 0 Å². The van der Waals surface area contributed by atoms with E-state index in [9.17, 15) is 0 Å². The molecule has 0 saturated carbocycles. The van der Waals surface area contributed by atoms with Gasteiger partial charge in [-0.25, -0.2) is 0 Å². The zero-order valence-electron chi connectivity index (χ0n) is 15.3. The number of ether oxygens (including phenoxy) is 1. The first-order chi connectivity index (χ1) is 9.47. The molecule has 0 radical (unpaired) electrons. The summed E-state index contributed by atoms with van der Waals surface area (Å²) in [5.41, 5.74) is 1.56. The van der Waals surface area contributed by atoms with Crippen LogP contribution in [0.1, 0.15) is 48.5 Å². The first-order valence-corrected chi connectivity index (χ1v) is 14.1. The van der Waals surface area contributed by atoms with Crippen molar-refractivity contribution in [1.82, 2.24) is 0 Å². The van der Waals surface area contributed by atoms with Crippen molar-refractivity contribution in [3.63, 3.8) is 0 Å². The summed E-state index contributed by atoms with van der Waals surface area (Å²) in [6, 6.07) is 8.55. The SMILES string of the molecule is CC[Si](CC)(CC)C(/C(C)=C\OC)[Si](CC)(CC)CC. The van der Waals surface area contributed by atoms with E-state index in [1.807, 2.05) is 0 Å². The van der Waals surface area contributed by atoms with Gasteiger partial charge in [0.2, 0.25) is 0 Å². The predicted octanol–water partition coefficient (Wildman–Crippen LogP) is 6.46. The van der Waals surface area contributed by atoms with Gasteiger partial charge in [-0.1, -0.05) is 77.8 Å². The van der Waals surface area contributed by atoms with Gasteiger partial charge in [0, 0.05) is 0 Å². The normalized spacial score (nSPS) is 13.9. The zero-order valence-corrected chi connectivity index (χ0v) is 17.3. The Morgan fingerprint density at radius 2 is 1.10 bits per heavy atom. The van der Waals surface area contributed by atoms with Crippen molar-refractivity contribution in [2.45, 2.75) is 89.9 Å². The van der Waals surface area contributed by atoms with Crippen molar-refractivity contribution in [3.05, 3.63) is 11.8 Å². The molecule has 0 bridgehead atoms. The molecule has 0 aromatic carbocycles. The van der Waals surface area contributed by atoms with E-state index in [2.05, 4.69) is 54.7 Å². The second kappa shape index (κ2) is 9.09. The van der Waals surface area contributed by atoms with Gasteiger partial charge in [-0.05, 0) is 17.7 Å². The molecule has 0 aliphatic rings. The van der Waals surface area contributed by atoms with Crippen LogP contribution in [0.15, 0.2) is 11.8 Å². The molecular weight excluding hydrogens is 276 g/mol. The van der Waals surface area contributed by atoms with E-state index in [1.165, 1.54) is 36.3 Å². The quantitative estimate of drug-likeness (QED) is 0.332. The van der Waals surface area contributed by atoms with Crippen LogP contribution in [0.2, 0.25) is 41.4 Å². The van der Waals surface area contributed by atoms with E-state index in [1.54, 1.807) is 12.7 Å². The summed E-state index contributed by atoms with van der Waals surface area (Å²) in [4.78, 5) is 0. The second-order valence-electron chi connectivity index (χ2n) is 6.38. The molecule has 0 unspecified atom stereocenters. The minimum absolute atomic E-state index is 0.898. The highest BCUT2D eigenvalue weighted by Crippen LogP contribution is 2.49. The van der Waals surface area contributed by atoms with Crippen LogP contribution in [-0.2, 0) is 4.74 Å². The molecule has 120 valence electrons. The molecule has 0 spiro atoms. The van der Waals surface area contributed by atoms with Crippen LogP contribution in [0.25, 0.3) is 0 Å². The number of hydrogen-bond donors (Lipinski definition) is 0. The number of methoxy groups -OCH3 is 1. The van der Waals surface area contributed by atoms with E-state index in [-0.39, 0.29) is 0 Å². The summed E-state index contributed by atoms with van der Waals surface area (Å²) < 4.78 is 5.42. The lowest BCUT2D eigenvalue weighted by molar-refractivity contribution is 0.333. The Hall–Kier alpha value is -0.0262. The Kier molecular flexibility index (Phi) is 9.07. The number of hydrogen-bond acceptors (Lipinski definition) is 1. The zero-order chi connectivity index (χ0) is 15.8. The van der Waals surface area contributed by atoms with Crippen LogP contribution in [0.5, 0.6) is 0 Å². The van der Waals surface area contributed by atoms with Gasteiger partial charge in [0.05, 0.1) is 29.5 Å². The first-order valence-electron chi connectivity index (χ1n) is 8.66. The summed E-state index contributed by atoms with van der Waals surface area (Å²) in [7, 11) is -0.658. The minimum Gasteiger partial charge on any atom is -0.504 e. The molecule has 0 atom stereocenters. The van der Waals surface area contributed by atoms with Gasteiger partial charge in [0.1, 0.15) is 0 Å². The molecule has 0 amide bonds. The summed E-state index contributed by atoms with van der Waals surface area (Å²) in [6.45, 7) is 17.1. The van der Waals surface area contributed by atoms with Crippen LogP contribution in [0, 0.1) is 0 Å². The maximum absolute atomic E-state index is 5.42. The van der Waals surface area contributed by atoms with Gasteiger partial charge < -0.3 is 4.74 Å². The maximum Gasteiger partial charge on any atom is 0.0810 e. The molecule has 1 nitrogen and oxygen atoms in total. The maximum atomic E-state index is 5.42. The van der Waals surface area contributed by atoms with E-state index < -0.39 is 16.1 Å². The number of rotatable bonds is 10. The summed E-state index contributed by atoms with van der Waals surface area (Å²) in [6.07, 6.45) is 2.07. The third-order valence-electron chi connectivity index (χ3n) is 6.21. The van der Waals surface area contributed by atoms with Crippen molar-refractivity contribution in [1.29, 1.82) is 0 Å². The molecule has 0 rings (SSSR count). The highest BCUT2D eigenvalue weighted by Gasteiger charge is 2.48. The van der Waals surface area contributed by atoms with E-state index in [0.29, 0.717) is 0 Å². The molecular formula is C17H38OSi2. The van der Waals surface area contributed by atoms with Gasteiger partial charge in [-0.3, -0.25) is 0 Å². The fraction of sp³-hybridized carbons (Fsp3) is 0.882. The minimum atomic E-state index is -1.23. The summed E-state index contributed by atoms with van der Waals surface area (Å²) >= 11 is 0. The summed E-state index contributed by atoms with van der Waals surface area (Å²) in [5.74, 6) is 0. The van der Waals surface area contributed by atoms with Crippen molar-refractivity contribution in [2.75, 3.05) is 7.11 Å². The third kappa shape index (κ3) is 3.79. The lowest BCUT2D eigenvalue weighted by atomic mass is 10.4. The standard InChI is InChI=1S/C17H38OSi2/c1-9-19(10-2,11-3)17(16(7)15-18-8)20(12-4,13-5)14-6/h15,17H,9-14H2,1-8H3/b16-15-. The molecule has 3 heteroatoms. The Morgan fingerprint density at radius 3 is 1.30 bits per heavy atom. The monoisotopic (exact) mass is 314 g/mol. The molecule has 0 N–H and O–H groups in total. The molecule has 0 heterocycles. The van der Waals surface area contributed by atoms with E-state index >= 15 is 0 Å². The fourth-order valence-corrected chi connectivity index (χ4v) is 21.0. The van der Waals surface area contributed by atoms with Crippen LogP contribution >= 0.6 is 0 Å². The molecule has 0 aromatic heterocycles. The van der Waals surface area contributed by atoms with Crippen molar-refractivity contribution < 1.29 is 4.74 Å². The lowest BCUT2D eigenvalue weighted by Gasteiger charge is -2.48. The highest BCUT2D eigenvalue weighted by molar-refractivity contribution is 7.00. The van der Waals surface area contributed by atoms with Gasteiger partial charge in [-0.15, -0.1) is 0 Å². The molecule has 0 aliphatic heterocycles. The smallest absolute Gasteiger partial charge is 0.0810 e. The van der Waals surface area contributed by atoms with Crippen LogP contribution in [-0.4, -0.2) is 23.3 Å². The van der Waals surface area contributed by atoms with Crippen LogP contribution < -0.4 is 0 Å². The van der Waals surface area contributed by atoms with Crippen molar-refractivity contribution >= 4 is 16.1 Å². The average molecular weight is 315 g/mol. The van der Waals surface area contributed by atoms with Gasteiger partial charge in [-0.2, -0.15) is 0 Å². The molecule has 20 heavy (non-hydrogen) atoms. The molecule has 0 aliphatic carbocycles. The lowest BCUT2D eigenvalue weighted by Crippen LogP contribution is -2.53. The van der Waals surface area contributed by atoms with Gasteiger partial charge >= 0.3 is 0 Å². The van der Waals surface area contributed by atoms with E-state index in [0.717, 1.165) is 5.16 Å². The molecule has 0 saturated heterocycles. The largest absolute Gasteiger partial charge is 0.504 e. The van der Waals surface area contributed by atoms with Crippen LogP contribution in [0.4, 0.5) is 0 Å². The van der Waals surface area contributed by atoms with Crippen LogP contribution in [0.3, 0.4) is 0 Å². The van der Waals surface area contributed by atoms with E-state index in [4.69, 9.17) is 4.74 Å². The summed E-state index contributed by atoms with van der Waals surface area (Å²) in [5, 5.41) is 0.898. The Morgan fingerprint density at radius 1 is 0.800 bits per heavy atom. The number of allylic oxidation sites excluding steroid dienone is 1. The van der Waals surface area contributed by atoms with Gasteiger partial charge in [0.15, 0.2) is 0 Å². The Bertz CT molecular complexity index is 255. The Balaban J connectivity index is 6.00.